The van der Waals surface area contributed by atoms with E-state index in [0.717, 1.165) is 0 Å². The van der Waals surface area contributed by atoms with Crippen LogP contribution in [0.15, 0.2) is 12.1 Å². The number of benzene rings is 1. The molecule has 0 saturated heterocycles. The van der Waals surface area contributed by atoms with Gasteiger partial charge in [0.15, 0.2) is 0 Å². The molecule has 0 bridgehead atoms. The van der Waals surface area contributed by atoms with Gasteiger partial charge in [-0.15, -0.1) is 0 Å². The van der Waals surface area contributed by atoms with Gasteiger partial charge >= 0.3 is 6.18 Å². The molecule has 0 amide bonds. The maximum Gasteiger partial charge on any atom is 0.451 e. The minimum absolute atomic E-state index is 0.00766. The molecule has 8 heteroatoms. The van der Waals surface area contributed by atoms with E-state index in [4.69, 9.17) is 34.8 Å². The highest BCUT2D eigenvalue weighted by molar-refractivity contribution is 6.43. The van der Waals surface area contributed by atoms with Crippen molar-refractivity contribution < 1.29 is 13.2 Å². The van der Waals surface area contributed by atoms with E-state index in [0.29, 0.717) is 0 Å². The van der Waals surface area contributed by atoms with Gasteiger partial charge in [-0.2, -0.15) is 13.2 Å². The molecule has 0 N–H and O–H groups in total. The smallest absolute Gasteiger partial charge is 0.224 e. The Hall–Kier alpha value is -0.780. The van der Waals surface area contributed by atoms with Crippen LogP contribution in [0.5, 0.6) is 0 Å². The number of halogens is 6. The summed E-state index contributed by atoms with van der Waals surface area (Å²) >= 11 is 17.1. The molecule has 90 valence electrons. The van der Waals surface area contributed by atoms with E-state index in [9.17, 15) is 13.2 Å². The van der Waals surface area contributed by atoms with Gasteiger partial charge in [-0.05, 0) is 12.1 Å². The van der Waals surface area contributed by atoms with E-state index in [-0.39, 0.29) is 26.1 Å². The molecule has 0 aliphatic rings. The van der Waals surface area contributed by atoms with Crippen LogP contribution in [-0.4, -0.2) is 9.97 Å². The van der Waals surface area contributed by atoms with Crippen LogP contribution in [-0.2, 0) is 6.18 Å². The number of hydrogen-bond donors (Lipinski definition) is 0. The second-order valence-electron chi connectivity index (χ2n) is 3.12. The molecule has 2 rings (SSSR count). The molecule has 17 heavy (non-hydrogen) atoms. The summed E-state index contributed by atoms with van der Waals surface area (Å²) in [5.74, 6) is -1.31. The second kappa shape index (κ2) is 4.15. The lowest BCUT2D eigenvalue weighted by Crippen LogP contribution is -2.11. The van der Waals surface area contributed by atoms with Crippen LogP contribution >= 0.6 is 34.8 Å². The van der Waals surface area contributed by atoms with Crippen LogP contribution in [0.4, 0.5) is 13.2 Å². The van der Waals surface area contributed by atoms with E-state index < -0.39 is 12.0 Å². The highest BCUT2D eigenvalue weighted by atomic mass is 35.5. The highest BCUT2D eigenvalue weighted by Crippen LogP contribution is 2.33. The van der Waals surface area contributed by atoms with Crippen LogP contribution in [0.1, 0.15) is 5.82 Å². The van der Waals surface area contributed by atoms with Gasteiger partial charge in [0, 0.05) is 5.39 Å². The Bertz CT molecular complexity index is 598. The first-order valence-corrected chi connectivity index (χ1v) is 5.32. The molecule has 1 heterocycles. The average Bonchev–Trinajstić information content (AvgIpc) is 2.19. The van der Waals surface area contributed by atoms with Crippen LogP contribution in [0, 0.1) is 0 Å². The molecule has 2 nitrogen and oxygen atoms in total. The van der Waals surface area contributed by atoms with Gasteiger partial charge in [-0.3, -0.25) is 0 Å². The van der Waals surface area contributed by atoms with Crippen molar-refractivity contribution in [1.29, 1.82) is 0 Å². The summed E-state index contributed by atoms with van der Waals surface area (Å²) in [6, 6.07) is 2.53. The highest BCUT2D eigenvalue weighted by Gasteiger charge is 2.35. The predicted octanol–water partition coefficient (Wildman–Crippen LogP) is 4.61. The Morgan fingerprint density at radius 2 is 1.53 bits per heavy atom. The normalized spacial score (nSPS) is 12.1. The summed E-state index contributed by atoms with van der Waals surface area (Å²) in [5, 5.41) is 0.168. The first-order valence-electron chi connectivity index (χ1n) is 4.18. The summed E-state index contributed by atoms with van der Waals surface area (Å²) < 4.78 is 37.3. The predicted molar refractivity (Wildman–Crippen MR) is 59.6 cm³/mol. The third-order valence-corrected chi connectivity index (χ3v) is 2.96. The maximum absolute atomic E-state index is 12.4. The van der Waals surface area contributed by atoms with Crippen molar-refractivity contribution in [2.24, 2.45) is 0 Å². The van der Waals surface area contributed by atoms with Gasteiger partial charge in [0.05, 0.1) is 15.6 Å². The second-order valence-corrected chi connectivity index (χ2v) is 4.29. The van der Waals surface area contributed by atoms with Crippen LogP contribution < -0.4 is 0 Å². The summed E-state index contributed by atoms with van der Waals surface area (Å²) in [4.78, 5) is 6.52. The number of fused-ring (bicyclic) bond motifs is 1. The minimum Gasteiger partial charge on any atom is -0.224 e. The van der Waals surface area contributed by atoms with Gasteiger partial charge in [0.1, 0.15) is 5.15 Å². The van der Waals surface area contributed by atoms with Crippen molar-refractivity contribution in [2.45, 2.75) is 6.18 Å². The molecule has 0 aliphatic heterocycles. The first kappa shape index (κ1) is 12.7. The quantitative estimate of drug-likeness (QED) is 0.664. The Labute approximate surface area is 108 Å². The molecule has 0 fully saturated rings. The van der Waals surface area contributed by atoms with Gasteiger partial charge in [0.2, 0.25) is 5.82 Å². The fourth-order valence-electron chi connectivity index (χ4n) is 1.21. The average molecular weight is 301 g/mol. The fraction of sp³-hybridized carbons (Fsp3) is 0.111. The van der Waals surface area contributed by atoms with Gasteiger partial charge < -0.3 is 0 Å². The van der Waals surface area contributed by atoms with E-state index >= 15 is 0 Å². The topological polar surface area (TPSA) is 25.8 Å². The van der Waals surface area contributed by atoms with Crippen molar-refractivity contribution in [3.8, 4) is 0 Å². The summed E-state index contributed by atoms with van der Waals surface area (Å²) in [6.45, 7) is 0. The number of alkyl halides is 3. The van der Waals surface area contributed by atoms with Gasteiger partial charge in [-0.1, -0.05) is 34.8 Å². The van der Waals surface area contributed by atoms with Crippen molar-refractivity contribution >= 4 is 45.7 Å². The van der Waals surface area contributed by atoms with Crippen molar-refractivity contribution in [3.63, 3.8) is 0 Å². The van der Waals surface area contributed by atoms with Gasteiger partial charge in [0.25, 0.3) is 0 Å². The minimum atomic E-state index is -4.66. The molecule has 0 atom stereocenters. The number of nitrogens with zero attached hydrogens (tertiary/aromatic N) is 2. The van der Waals surface area contributed by atoms with E-state index in [1.54, 1.807) is 0 Å². The Morgan fingerprint density at radius 3 is 2.12 bits per heavy atom. The maximum atomic E-state index is 12.4. The number of rotatable bonds is 0. The molecule has 0 saturated carbocycles. The molecule has 1 aromatic carbocycles. The van der Waals surface area contributed by atoms with Crippen molar-refractivity contribution in [2.75, 3.05) is 0 Å². The van der Waals surface area contributed by atoms with E-state index in [1.807, 2.05) is 0 Å². The summed E-state index contributed by atoms with van der Waals surface area (Å²) in [7, 11) is 0. The lowest BCUT2D eigenvalue weighted by atomic mass is 10.2. The lowest BCUT2D eigenvalue weighted by molar-refractivity contribution is -0.144. The third-order valence-electron chi connectivity index (χ3n) is 1.94. The molecule has 0 spiro atoms. The Kier molecular flexibility index (Phi) is 3.10. The summed E-state index contributed by atoms with van der Waals surface area (Å²) in [5.41, 5.74) is -0.00766. The molecule has 0 unspecified atom stereocenters. The zero-order valence-electron chi connectivity index (χ0n) is 7.82. The molecular formula is C9H2Cl3F3N2. The Balaban J connectivity index is 2.78. The number of hydrogen-bond acceptors (Lipinski definition) is 2. The standard InChI is InChI=1S/C9H2Cl3F3N2/c10-4-1-3-6(2-5(4)11)16-8(9(13,14)15)17-7(3)12/h1-2H. The van der Waals surface area contributed by atoms with Crippen LogP contribution in [0.2, 0.25) is 15.2 Å². The molecule has 0 aliphatic carbocycles. The summed E-state index contributed by atoms with van der Waals surface area (Å²) in [6.07, 6.45) is -4.66. The zero-order valence-corrected chi connectivity index (χ0v) is 10.1. The van der Waals surface area contributed by atoms with Crippen LogP contribution in [0.3, 0.4) is 0 Å². The van der Waals surface area contributed by atoms with Crippen LogP contribution in [0.25, 0.3) is 10.9 Å². The van der Waals surface area contributed by atoms with Crippen molar-refractivity contribution in [3.05, 3.63) is 33.2 Å². The fourth-order valence-corrected chi connectivity index (χ4v) is 1.77. The first-order chi connectivity index (χ1) is 7.79. The third kappa shape index (κ3) is 2.41. The van der Waals surface area contributed by atoms with E-state index in [2.05, 4.69) is 9.97 Å². The zero-order chi connectivity index (χ0) is 12.8. The SMILES string of the molecule is FC(F)(F)c1nc(Cl)c2cc(Cl)c(Cl)cc2n1. The molecule has 0 radical (unpaired) electrons. The van der Waals surface area contributed by atoms with Gasteiger partial charge in [-0.25, -0.2) is 9.97 Å². The van der Waals surface area contributed by atoms with E-state index in [1.165, 1.54) is 12.1 Å². The monoisotopic (exact) mass is 300 g/mol. The molecule has 2 aromatic rings. The number of aromatic nitrogens is 2. The molecule has 1 aromatic heterocycles. The van der Waals surface area contributed by atoms with Crippen molar-refractivity contribution in [1.82, 2.24) is 9.97 Å². The lowest BCUT2D eigenvalue weighted by Gasteiger charge is -2.08. The molecular weight excluding hydrogens is 299 g/mol. The largest absolute Gasteiger partial charge is 0.451 e. The Morgan fingerprint density at radius 1 is 0.941 bits per heavy atom.